The van der Waals surface area contributed by atoms with Gasteiger partial charge in [-0.15, -0.1) is 0 Å². The smallest absolute Gasteiger partial charge is 0.255 e. The Hall–Kier alpha value is -2.53. The van der Waals surface area contributed by atoms with Crippen molar-refractivity contribution in [3.8, 4) is 11.5 Å². The number of phenols is 1. The molecular formula is C21H27NO4. The first kappa shape index (κ1) is 19.8. The Bertz CT molecular complexity index is 685. The molecule has 0 radical (unpaired) electrons. The Morgan fingerprint density at radius 2 is 1.88 bits per heavy atom. The van der Waals surface area contributed by atoms with E-state index in [4.69, 9.17) is 9.47 Å². The lowest BCUT2D eigenvalue weighted by atomic mass is 10.1. The summed E-state index contributed by atoms with van der Waals surface area (Å²) >= 11 is 0. The van der Waals surface area contributed by atoms with Crippen LogP contribution < -0.4 is 10.1 Å². The molecule has 26 heavy (non-hydrogen) atoms. The Labute approximate surface area is 155 Å². The molecule has 0 saturated carbocycles. The van der Waals surface area contributed by atoms with E-state index in [1.807, 2.05) is 37.3 Å². The van der Waals surface area contributed by atoms with Gasteiger partial charge in [0, 0.05) is 13.7 Å². The first-order valence-corrected chi connectivity index (χ1v) is 8.91. The Balaban J connectivity index is 1.83. The van der Waals surface area contributed by atoms with Crippen LogP contribution in [0.15, 0.2) is 48.5 Å². The molecule has 0 aromatic heterocycles. The molecule has 0 aliphatic rings. The summed E-state index contributed by atoms with van der Waals surface area (Å²) in [6.45, 7) is 3.09. The number of benzene rings is 2. The third-order valence-electron chi connectivity index (χ3n) is 4.18. The van der Waals surface area contributed by atoms with Crippen molar-refractivity contribution < 1.29 is 19.4 Å². The normalized spacial score (nSPS) is 11.8. The summed E-state index contributed by atoms with van der Waals surface area (Å²) in [5.74, 6) is 0.688. The molecule has 0 saturated heterocycles. The number of para-hydroxylation sites is 1. The summed E-state index contributed by atoms with van der Waals surface area (Å²) in [5, 5.41) is 12.2. The number of carbonyl (C=O) groups is 1. The fraction of sp³-hybridized carbons (Fsp3) is 0.381. The molecular weight excluding hydrogens is 330 g/mol. The molecule has 2 aromatic carbocycles. The van der Waals surface area contributed by atoms with Gasteiger partial charge in [-0.2, -0.15) is 0 Å². The predicted molar refractivity (Wildman–Crippen MR) is 102 cm³/mol. The maximum absolute atomic E-state index is 12.4. The molecule has 0 fully saturated rings. The second kappa shape index (κ2) is 10.5. The molecule has 1 atom stereocenters. The molecule has 2 N–H and O–H groups in total. The Morgan fingerprint density at radius 1 is 1.15 bits per heavy atom. The van der Waals surface area contributed by atoms with E-state index >= 15 is 0 Å². The monoisotopic (exact) mass is 357 g/mol. The molecule has 1 amide bonds. The average Bonchev–Trinajstić information content (AvgIpc) is 2.66. The summed E-state index contributed by atoms with van der Waals surface area (Å²) in [5.41, 5.74) is 1.60. The van der Waals surface area contributed by atoms with Gasteiger partial charge in [-0.1, -0.05) is 24.3 Å². The van der Waals surface area contributed by atoms with Crippen LogP contribution in [0.3, 0.4) is 0 Å². The summed E-state index contributed by atoms with van der Waals surface area (Å²) in [4.78, 5) is 12.4. The fourth-order valence-corrected chi connectivity index (χ4v) is 2.53. The van der Waals surface area contributed by atoms with Crippen LogP contribution in [0.4, 0.5) is 0 Å². The first-order chi connectivity index (χ1) is 12.6. The minimum atomic E-state index is -0.148. The van der Waals surface area contributed by atoms with Crippen LogP contribution in [-0.2, 0) is 11.2 Å². The van der Waals surface area contributed by atoms with Crippen LogP contribution >= 0.6 is 0 Å². The van der Waals surface area contributed by atoms with Gasteiger partial charge in [0.1, 0.15) is 11.5 Å². The number of aromatic hydroxyl groups is 1. The maximum atomic E-state index is 12.4. The van der Waals surface area contributed by atoms with Gasteiger partial charge in [0.05, 0.1) is 18.3 Å². The molecule has 5 heteroatoms. The van der Waals surface area contributed by atoms with Crippen molar-refractivity contribution in [2.24, 2.45) is 0 Å². The van der Waals surface area contributed by atoms with Crippen molar-refractivity contribution in [1.82, 2.24) is 5.32 Å². The topological polar surface area (TPSA) is 67.8 Å². The van der Waals surface area contributed by atoms with E-state index in [1.54, 1.807) is 25.3 Å². The molecule has 0 spiro atoms. The highest BCUT2D eigenvalue weighted by Gasteiger charge is 2.11. The lowest BCUT2D eigenvalue weighted by Crippen LogP contribution is -2.26. The lowest BCUT2D eigenvalue weighted by molar-refractivity contribution is 0.0945. The lowest BCUT2D eigenvalue weighted by Gasteiger charge is -2.13. The Morgan fingerprint density at radius 3 is 2.62 bits per heavy atom. The van der Waals surface area contributed by atoms with Gasteiger partial charge < -0.3 is 19.9 Å². The van der Waals surface area contributed by atoms with Crippen molar-refractivity contribution >= 4 is 5.91 Å². The van der Waals surface area contributed by atoms with Gasteiger partial charge in [-0.05, 0) is 56.0 Å². The number of nitrogens with one attached hydrogen (secondary N) is 1. The molecule has 2 aromatic rings. The molecule has 0 aliphatic carbocycles. The van der Waals surface area contributed by atoms with Gasteiger partial charge in [-0.25, -0.2) is 0 Å². The number of phenolic OH excluding ortho intramolecular Hbond substituents is 1. The van der Waals surface area contributed by atoms with E-state index in [9.17, 15) is 9.90 Å². The molecule has 0 aliphatic heterocycles. The Kier molecular flexibility index (Phi) is 7.96. The number of carbonyl (C=O) groups excluding carboxylic acids is 1. The highest BCUT2D eigenvalue weighted by Crippen LogP contribution is 2.18. The number of methoxy groups -OCH3 is 1. The van der Waals surface area contributed by atoms with Gasteiger partial charge in [0.25, 0.3) is 5.91 Å². The van der Waals surface area contributed by atoms with Crippen molar-refractivity contribution in [3.63, 3.8) is 0 Å². The van der Waals surface area contributed by atoms with Gasteiger partial charge in [0.15, 0.2) is 0 Å². The third-order valence-corrected chi connectivity index (χ3v) is 4.18. The molecule has 2 rings (SSSR count). The quantitative estimate of drug-likeness (QED) is 0.638. The third kappa shape index (κ3) is 6.41. The van der Waals surface area contributed by atoms with E-state index in [2.05, 4.69) is 5.32 Å². The van der Waals surface area contributed by atoms with Crippen LogP contribution in [0.1, 0.15) is 35.7 Å². The molecule has 0 heterocycles. The van der Waals surface area contributed by atoms with E-state index < -0.39 is 0 Å². The van der Waals surface area contributed by atoms with E-state index in [1.165, 1.54) is 0 Å². The standard InChI is InChI=1S/C21H27NO4/c1-16(25-2)6-5-15-26-20-8-4-3-7-19(20)21(24)22-14-13-17-9-11-18(23)12-10-17/h3-4,7-12,16,23H,5-6,13-15H2,1-2H3,(H,22,24). The van der Waals surface area contributed by atoms with E-state index in [0.717, 1.165) is 18.4 Å². The summed E-state index contributed by atoms with van der Waals surface area (Å²) in [6, 6.07) is 14.3. The molecule has 0 bridgehead atoms. The molecule has 1 unspecified atom stereocenters. The van der Waals surface area contributed by atoms with Crippen molar-refractivity contribution in [2.45, 2.75) is 32.3 Å². The van der Waals surface area contributed by atoms with Gasteiger partial charge in [0.2, 0.25) is 0 Å². The second-order valence-corrected chi connectivity index (χ2v) is 6.21. The predicted octanol–water partition coefficient (Wildman–Crippen LogP) is 3.56. The molecule has 140 valence electrons. The van der Waals surface area contributed by atoms with Crippen molar-refractivity contribution in [3.05, 3.63) is 59.7 Å². The summed E-state index contributed by atoms with van der Waals surface area (Å²) in [7, 11) is 1.70. The fourth-order valence-electron chi connectivity index (χ4n) is 2.53. The molecule has 5 nitrogen and oxygen atoms in total. The number of amides is 1. The zero-order valence-electron chi connectivity index (χ0n) is 15.4. The number of rotatable bonds is 10. The SMILES string of the molecule is COC(C)CCCOc1ccccc1C(=O)NCCc1ccc(O)cc1. The van der Waals surface area contributed by atoms with Crippen molar-refractivity contribution in [1.29, 1.82) is 0 Å². The number of hydrogen-bond donors (Lipinski definition) is 2. The first-order valence-electron chi connectivity index (χ1n) is 8.91. The average molecular weight is 357 g/mol. The van der Waals surface area contributed by atoms with Crippen LogP contribution in [0.2, 0.25) is 0 Å². The highest BCUT2D eigenvalue weighted by molar-refractivity contribution is 5.96. The number of hydrogen-bond acceptors (Lipinski definition) is 4. The van der Waals surface area contributed by atoms with E-state index in [-0.39, 0.29) is 17.8 Å². The van der Waals surface area contributed by atoms with Crippen LogP contribution in [0.5, 0.6) is 11.5 Å². The highest BCUT2D eigenvalue weighted by atomic mass is 16.5. The maximum Gasteiger partial charge on any atom is 0.255 e. The largest absolute Gasteiger partial charge is 0.508 e. The van der Waals surface area contributed by atoms with Crippen molar-refractivity contribution in [2.75, 3.05) is 20.3 Å². The van der Waals surface area contributed by atoms with Crippen LogP contribution in [0.25, 0.3) is 0 Å². The zero-order valence-corrected chi connectivity index (χ0v) is 15.4. The summed E-state index contributed by atoms with van der Waals surface area (Å²) in [6.07, 6.45) is 2.69. The van der Waals surface area contributed by atoms with Crippen LogP contribution in [0, 0.1) is 0 Å². The van der Waals surface area contributed by atoms with Gasteiger partial charge in [-0.3, -0.25) is 4.79 Å². The minimum absolute atomic E-state index is 0.148. The van der Waals surface area contributed by atoms with E-state index in [0.29, 0.717) is 30.9 Å². The zero-order chi connectivity index (χ0) is 18.8. The van der Waals surface area contributed by atoms with Gasteiger partial charge >= 0.3 is 0 Å². The number of ether oxygens (including phenoxy) is 2. The second-order valence-electron chi connectivity index (χ2n) is 6.21. The summed E-state index contributed by atoms with van der Waals surface area (Å²) < 4.78 is 11.0. The minimum Gasteiger partial charge on any atom is -0.508 e. The van der Waals surface area contributed by atoms with Crippen LogP contribution in [-0.4, -0.2) is 37.4 Å².